The lowest BCUT2D eigenvalue weighted by atomic mass is 9.87. The van der Waals surface area contributed by atoms with Crippen LogP contribution in [0.1, 0.15) is 33.6 Å². The molecule has 4 nitrogen and oxygen atoms in total. The van der Waals surface area contributed by atoms with E-state index in [1.165, 1.54) is 0 Å². The van der Waals surface area contributed by atoms with E-state index >= 15 is 0 Å². The third kappa shape index (κ3) is 5.26. The first kappa shape index (κ1) is 17.8. The molecule has 1 aromatic carbocycles. The third-order valence-electron chi connectivity index (χ3n) is 3.92. The largest absolute Gasteiger partial charge is 0.393 e. The highest BCUT2D eigenvalue weighted by molar-refractivity contribution is 6.31. The van der Waals surface area contributed by atoms with Crippen LogP contribution in [0.25, 0.3) is 10.9 Å². The molecule has 23 heavy (non-hydrogen) atoms. The van der Waals surface area contributed by atoms with Crippen molar-refractivity contribution in [3.63, 3.8) is 0 Å². The zero-order chi connectivity index (χ0) is 17.0. The molecule has 0 aliphatic carbocycles. The predicted molar refractivity (Wildman–Crippen MR) is 94.7 cm³/mol. The molecule has 2 rings (SSSR count). The molecular weight excluding hydrogens is 312 g/mol. The van der Waals surface area contributed by atoms with Gasteiger partial charge in [0.25, 0.3) is 0 Å². The Morgan fingerprint density at radius 2 is 2.13 bits per heavy atom. The number of nitrogens with one attached hydrogen (secondary N) is 1. The zero-order valence-corrected chi connectivity index (χ0v) is 14.7. The van der Waals surface area contributed by atoms with Crippen molar-refractivity contribution in [1.82, 2.24) is 9.88 Å². The number of benzene rings is 1. The maximum atomic E-state index is 12.1. The van der Waals surface area contributed by atoms with Crippen LogP contribution in [-0.2, 0) is 11.3 Å². The maximum absolute atomic E-state index is 12.1. The van der Waals surface area contributed by atoms with Gasteiger partial charge >= 0.3 is 0 Å². The predicted octanol–water partition coefficient (Wildman–Crippen LogP) is 3.60. The van der Waals surface area contributed by atoms with Crippen LogP contribution in [0.4, 0.5) is 0 Å². The summed E-state index contributed by atoms with van der Waals surface area (Å²) < 4.78 is 2.06. The summed E-state index contributed by atoms with van der Waals surface area (Å²) in [7, 11) is 0. The monoisotopic (exact) mass is 336 g/mol. The van der Waals surface area contributed by atoms with Gasteiger partial charge in [0.15, 0.2) is 0 Å². The molecule has 0 aliphatic heterocycles. The molecule has 0 fully saturated rings. The second-order valence-corrected chi connectivity index (χ2v) is 7.39. The van der Waals surface area contributed by atoms with Gasteiger partial charge in [-0.1, -0.05) is 25.4 Å². The molecule has 1 amide bonds. The van der Waals surface area contributed by atoms with Crippen molar-refractivity contribution >= 4 is 28.4 Å². The number of rotatable bonds is 7. The molecule has 0 radical (unpaired) electrons. The van der Waals surface area contributed by atoms with Gasteiger partial charge in [-0.2, -0.15) is 0 Å². The second kappa shape index (κ2) is 7.37. The van der Waals surface area contributed by atoms with E-state index in [0.29, 0.717) is 31.0 Å². The van der Waals surface area contributed by atoms with Crippen LogP contribution in [-0.4, -0.2) is 28.2 Å². The maximum Gasteiger partial charge on any atom is 0.221 e. The molecule has 2 aromatic rings. The van der Waals surface area contributed by atoms with Crippen LogP contribution in [0.3, 0.4) is 0 Å². The molecular formula is C18H25ClN2O2. The van der Waals surface area contributed by atoms with E-state index in [-0.39, 0.29) is 17.4 Å². The Morgan fingerprint density at radius 1 is 1.39 bits per heavy atom. The smallest absolute Gasteiger partial charge is 0.221 e. The van der Waals surface area contributed by atoms with Crippen LogP contribution in [0.15, 0.2) is 30.5 Å². The summed E-state index contributed by atoms with van der Waals surface area (Å²) in [6.45, 7) is 7.06. The first-order valence-corrected chi connectivity index (χ1v) is 8.34. The van der Waals surface area contributed by atoms with Gasteiger partial charge in [-0.05, 0) is 43.0 Å². The molecule has 1 heterocycles. The fourth-order valence-corrected chi connectivity index (χ4v) is 3.07. The molecule has 0 aliphatic rings. The first-order valence-electron chi connectivity index (χ1n) is 7.96. The fourth-order valence-electron chi connectivity index (χ4n) is 2.89. The SMILES string of the molecule is CC(O)CC(C)(C)CNC(=O)CCn1ccc2cc(Cl)ccc21. The van der Waals surface area contributed by atoms with Crippen LogP contribution >= 0.6 is 11.6 Å². The lowest BCUT2D eigenvalue weighted by Crippen LogP contribution is -2.36. The number of fused-ring (bicyclic) bond motifs is 1. The molecule has 1 atom stereocenters. The number of carbonyl (C=O) groups is 1. The standard InChI is InChI=1S/C18H25ClN2O2/c1-13(22)11-18(2,3)12-20-17(23)7-9-21-8-6-14-10-15(19)4-5-16(14)21/h4-6,8,10,13,22H,7,9,11-12H2,1-3H3,(H,20,23). The normalized spacial score (nSPS) is 13.3. The highest BCUT2D eigenvalue weighted by Crippen LogP contribution is 2.22. The van der Waals surface area contributed by atoms with Gasteiger partial charge in [0.2, 0.25) is 5.91 Å². The van der Waals surface area contributed by atoms with Gasteiger partial charge in [0.1, 0.15) is 0 Å². The third-order valence-corrected chi connectivity index (χ3v) is 4.16. The van der Waals surface area contributed by atoms with Crippen molar-refractivity contribution in [3.05, 3.63) is 35.5 Å². The average molecular weight is 337 g/mol. The van der Waals surface area contributed by atoms with Crippen molar-refractivity contribution in [2.24, 2.45) is 5.41 Å². The van der Waals surface area contributed by atoms with E-state index in [1.54, 1.807) is 6.92 Å². The van der Waals surface area contributed by atoms with Crippen molar-refractivity contribution in [1.29, 1.82) is 0 Å². The Morgan fingerprint density at radius 3 is 2.83 bits per heavy atom. The lowest BCUT2D eigenvalue weighted by Gasteiger charge is -2.26. The van der Waals surface area contributed by atoms with Gasteiger partial charge < -0.3 is 15.0 Å². The van der Waals surface area contributed by atoms with Crippen molar-refractivity contribution in [3.8, 4) is 0 Å². The van der Waals surface area contributed by atoms with Gasteiger partial charge in [-0.15, -0.1) is 0 Å². The van der Waals surface area contributed by atoms with E-state index in [1.807, 2.05) is 44.3 Å². The summed E-state index contributed by atoms with van der Waals surface area (Å²) in [4.78, 5) is 12.1. The fraction of sp³-hybridized carbons (Fsp3) is 0.500. The van der Waals surface area contributed by atoms with Crippen molar-refractivity contribution in [2.75, 3.05) is 6.54 Å². The van der Waals surface area contributed by atoms with E-state index in [4.69, 9.17) is 11.6 Å². The summed E-state index contributed by atoms with van der Waals surface area (Å²) in [5, 5.41) is 14.2. The molecule has 0 spiro atoms. The molecule has 126 valence electrons. The molecule has 1 unspecified atom stereocenters. The highest BCUT2D eigenvalue weighted by Gasteiger charge is 2.21. The first-order chi connectivity index (χ1) is 10.8. The minimum absolute atomic E-state index is 0.0273. The number of aliphatic hydroxyl groups is 1. The topological polar surface area (TPSA) is 54.3 Å². The molecule has 0 saturated carbocycles. The zero-order valence-electron chi connectivity index (χ0n) is 14.0. The minimum Gasteiger partial charge on any atom is -0.393 e. The summed E-state index contributed by atoms with van der Waals surface area (Å²) in [5.41, 5.74) is 0.970. The summed E-state index contributed by atoms with van der Waals surface area (Å²) in [6.07, 6.45) is 2.71. The minimum atomic E-state index is -0.361. The van der Waals surface area contributed by atoms with E-state index in [0.717, 1.165) is 10.9 Å². The quantitative estimate of drug-likeness (QED) is 0.811. The van der Waals surface area contributed by atoms with Crippen LogP contribution in [0.2, 0.25) is 5.02 Å². The second-order valence-electron chi connectivity index (χ2n) is 6.96. The number of halogens is 1. The summed E-state index contributed by atoms with van der Waals surface area (Å²) >= 11 is 5.98. The Bertz CT molecular complexity index is 677. The highest BCUT2D eigenvalue weighted by atomic mass is 35.5. The Balaban J connectivity index is 1.86. The number of aliphatic hydroxyl groups excluding tert-OH is 1. The number of hydrogen-bond acceptors (Lipinski definition) is 2. The molecule has 0 bridgehead atoms. The molecule has 1 aromatic heterocycles. The summed E-state index contributed by atoms with van der Waals surface area (Å²) in [6, 6.07) is 7.76. The average Bonchev–Trinajstić information content (AvgIpc) is 2.83. The van der Waals surface area contributed by atoms with E-state index < -0.39 is 0 Å². The molecule has 0 saturated heterocycles. The molecule has 2 N–H and O–H groups in total. The van der Waals surface area contributed by atoms with Crippen LogP contribution < -0.4 is 5.32 Å². The van der Waals surface area contributed by atoms with E-state index in [2.05, 4.69) is 9.88 Å². The number of nitrogens with zero attached hydrogens (tertiary/aromatic N) is 1. The van der Waals surface area contributed by atoms with E-state index in [9.17, 15) is 9.90 Å². The molecule has 5 heteroatoms. The van der Waals surface area contributed by atoms with Crippen molar-refractivity contribution < 1.29 is 9.90 Å². The Kier molecular flexibility index (Phi) is 5.71. The Hall–Kier alpha value is -1.52. The van der Waals surface area contributed by atoms with Gasteiger partial charge in [0.05, 0.1) is 6.10 Å². The van der Waals surface area contributed by atoms with Crippen LogP contribution in [0.5, 0.6) is 0 Å². The van der Waals surface area contributed by atoms with Gasteiger partial charge in [0, 0.05) is 41.6 Å². The number of amides is 1. The van der Waals surface area contributed by atoms with Crippen LogP contribution in [0, 0.1) is 5.41 Å². The lowest BCUT2D eigenvalue weighted by molar-refractivity contribution is -0.121. The Labute approximate surface area is 142 Å². The number of aromatic nitrogens is 1. The summed E-state index contributed by atoms with van der Waals surface area (Å²) in [5.74, 6) is 0.0273. The number of hydrogen-bond donors (Lipinski definition) is 2. The van der Waals surface area contributed by atoms with Crippen molar-refractivity contribution in [2.45, 2.75) is 46.3 Å². The van der Waals surface area contributed by atoms with Gasteiger partial charge in [-0.3, -0.25) is 4.79 Å². The van der Waals surface area contributed by atoms with Gasteiger partial charge in [-0.25, -0.2) is 0 Å². The number of aryl methyl sites for hydroxylation is 1. The number of carbonyl (C=O) groups excluding carboxylic acids is 1.